The van der Waals surface area contributed by atoms with Crippen molar-refractivity contribution in [3.05, 3.63) is 34.3 Å². The van der Waals surface area contributed by atoms with Gasteiger partial charge in [-0.3, -0.25) is 4.79 Å². The van der Waals surface area contributed by atoms with Gasteiger partial charge in [-0.15, -0.1) is 0 Å². The van der Waals surface area contributed by atoms with Gasteiger partial charge in [-0.05, 0) is 11.6 Å². The van der Waals surface area contributed by atoms with Gasteiger partial charge in [-0.25, -0.2) is 0 Å². The maximum absolute atomic E-state index is 10.7. The number of hydrogen-bond donors (Lipinski definition) is 2. The summed E-state index contributed by atoms with van der Waals surface area (Å²) in [5, 5.41) is 21.4. The van der Waals surface area contributed by atoms with Crippen LogP contribution in [0.2, 0.25) is 5.02 Å². The smallest absolute Gasteiger partial charge is 0.303 e. The number of carboxylic acids is 1. The summed E-state index contributed by atoms with van der Waals surface area (Å²) in [6.45, 7) is 0. The van der Waals surface area contributed by atoms with Crippen molar-refractivity contribution in [2.24, 2.45) is 5.16 Å². The first-order chi connectivity index (χ1) is 7.63. The lowest BCUT2D eigenvalue weighted by atomic mass is 9.98. The molecule has 0 amide bonds. The molecule has 0 heterocycles. The van der Waals surface area contributed by atoms with Gasteiger partial charge in [0.05, 0.1) is 12.1 Å². The molecule has 4 nitrogen and oxygen atoms in total. The van der Waals surface area contributed by atoms with E-state index in [-0.39, 0.29) is 12.3 Å². The molecule has 0 bridgehead atoms. The highest BCUT2D eigenvalue weighted by Gasteiger charge is 2.31. The molecule has 0 fully saturated rings. The molecule has 0 saturated carbocycles. The number of halogens is 1. The Kier molecular flexibility index (Phi) is 2.83. The fourth-order valence-corrected chi connectivity index (χ4v) is 2.46. The van der Waals surface area contributed by atoms with Crippen molar-refractivity contribution in [1.82, 2.24) is 0 Å². The largest absolute Gasteiger partial charge is 0.481 e. The lowest BCUT2D eigenvalue weighted by molar-refractivity contribution is -0.137. The maximum Gasteiger partial charge on any atom is 0.303 e. The molecule has 2 rings (SSSR count). The van der Waals surface area contributed by atoms with Crippen LogP contribution in [0.4, 0.5) is 0 Å². The standard InChI is InChI=1S/C11H10ClNO3/c12-8-3-1-2-7-9(13-16)4-6(11(7)8)5-10(14)15/h1-3,6,16H,4-5H2,(H,14,15)/b13-9-. The monoisotopic (exact) mass is 239 g/mol. The third-order valence-electron chi connectivity index (χ3n) is 2.75. The Hall–Kier alpha value is -1.55. The number of carboxylic acid groups (broad SMARTS) is 1. The van der Waals surface area contributed by atoms with Crippen LogP contribution in [0.15, 0.2) is 23.4 Å². The van der Waals surface area contributed by atoms with Gasteiger partial charge in [-0.2, -0.15) is 0 Å². The second-order valence-electron chi connectivity index (χ2n) is 3.75. The van der Waals surface area contributed by atoms with E-state index in [0.717, 1.165) is 11.1 Å². The topological polar surface area (TPSA) is 69.9 Å². The van der Waals surface area contributed by atoms with Gasteiger partial charge in [-0.1, -0.05) is 28.9 Å². The summed E-state index contributed by atoms with van der Waals surface area (Å²) in [5.41, 5.74) is 2.03. The van der Waals surface area contributed by atoms with Gasteiger partial charge < -0.3 is 10.3 Å². The number of aliphatic carboxylic acids is 1. The average Bonchev–Trinajstić information content (AvgIpc) is 2.57. The first-order valence-corrected chi connectivity index (χ1v) is 5.22. The van der Waals surface area contributed by atoms with Crippen molar-refractivity contribution in [3.8, 4) is 0 Å². The summed E-state index contributed by atoms with van der Waals surface area (Å²) in [6, 6.07) is 5.27. The molecule has 1 unspecified atom stereocenters. The minimum absolute atomic E-state index is 0.00421. The zero-order chi connectivity index (χ0) is 11.7. The molecule has 84 valence electrons. The highest BCUT2D eigenvalue weighted by Crippen LogP contribution is 2.40. The lowest BCUT2D eigenvalue weighted by Gasteiger charge is -2.08. The summed E-state index contributed by atoms with van der Waals surface area (Å²) >= 11 is 6.04. The van der Waals surface area contributed by atoms with E-state index in [4.69, 9.17) is 21.9 Å². The van der Waals surface area contributed by atoms with Crippen LogP contribution in [0, 0.1) is 0 Å². The van der Waals surface area contributed by atoms with E-state index < -0.39 is 5.97 Å². The first kappa shape index (κ1) is 11.0. The molecule has 1 aromatic carbocycles. The Bertz CT molecular complexity index is 470. The predicted octanol–water partition coefficient (Wildman–Crippen LogP) is 2.48. The minimum atomic E-state index is -0.880. The summed E-state index contributed by atoms with van der Waals surface area (Å²) in [4.78, 5) is 10.7. The molecule has 0 spiro atoms. The first-order valence-electron chi connectivity index (χ1n) is 4.85. The van der Waals surface area contributed by atoms with Crippen molar-refractivity contribution in [1.29, 1.82) is 0 Å². The number of benzene rings is 1. The van der Waals surface area contributed by atoms with Crippen molar-refractivity contribution in [2.75, 3.05) is 0 Å². The second-order valence-corrected chi connectivity index (χ2v) is 4.15. The third kappa shape index (κ3) is 1.76. The fraction of sp³-hybridized carbons (Fsp3) is 0.273. The van der Waals surface area contributed by atoms with Crippen LogP contribution in [-0.2, 0) is 4.79 Å². The molecule has 0 saturated heterocycles. The van der Waals surface area contributed by atoms with Crippen LogP contribution in [0.3, 0.4) is 0 Å². The van der Waals surface area contributed by atoms with Gasteiger partial charge in [0.1, 0.15) is 0 Å². The van der Waals surface area contributed by atoms with E-state index in [1.165, 1.54) is 0 Å². The van der Waals surface area contributed by atoms with E-state index in [1.807, 2.05) is 0 Å². The van der Waals surface area contributed by atoms with Gasteiger partial charge in [0.25, 0.3) is 0 Å². The zero-order valence-corrected chi connectivity index (χ0v) is 9.11. The Morgan fingerprint density at radius 1 is 1.56 bits per heavy atom. The van der Waals surface area contributed by atoms with E-state index in [0.29, 0.717) is 17.2 Å². The normalized spacial score (nSPS) is 21.1. The van der Waals surface area contributed by atoms with E-state index in [2.05, 4.69) is 5.16 Å². The summed E-state index contributed by atoms with van der Waals surface area (Å²) in [5.74, 6) is -1.08. The van der Waals surface area contributed by atoms with Crippen LogP contribution < -0.4 is 0 Å². The molecule has 1 aliphatic carbocycles. The number of rotatable bonds is 2. The molecular formula is C11H10ClNO3. The van der Waals surface area contributed by atoms with Crippen molar-refractivity contribution >= 4 is 23.3 Å². The summed E-state index contributed by atoms with van der Waals surface area (Å²) in [6.07, 6.45) is 0.414. The fourth-order valence-electron chi connectivity index (χ4n) is 2.13. The van der Waals surface area contributed by atoms with E-state index in [1.54, 1.807) is 18.2 Å². The van der Waals surface area contributed by atoms with Gasteiger partial charge in [0, 0.05) is 22.9 Å². The molecule has 0 aromatic heterocycles. The molecule has 16 heavy (non-hydrogen) atoms. The SMILES string of the molecule is O=C(O)CC1C/C(=N/O)c2cccc(Cl)c21. The lowest BCUT2D eigenvalue weighted by Crippen LogP contribution is -2.04. The van der Waals surface area contributed by atoms with Gasteiger partial charge >= 0.3 is 5.97 Å². The Balaban J connectivity index is 2.47. The van der Waals surface area contributed by atoms with E-state index >= 15 is 0 Å². The molecule has 5 heteroatoms. The molecule has 0 aliphatic heterocycles. The van der Waals surface area contributed by atoms with Crippen LogP contribution in [0.1, 0.15) is 29.9 Å². The highest BCUT2D eigenvalue weighted by molar-refractivity contribution is 6.32. The maximum atomic E-state index is 10.7. The molecule has 0 radical (unpaired) electrons. The summed E-state index contributed by atoms with van der Waals surface area (Å²) < 4.78 is 0. The number of carbonyl (C=O) groups is 1. The molecule has 1 aromatic rings. The third-order valence-corrected chi connectivity index (χ3v) is 3.08. The average molecular weight is 240 g/mol. The Morgan fingerprint density at radius 2 is 2.31 bits per heavy atom. The molecule has 1 aliphatic rings. The predicted molar refractivity (Wildman–Crippen MR) is 59.4 cm³/mol. The van der Waals surface area contributed by atoms with Crippen LogP contribution in [0.25, 0.3) is 0 Å². The Labute approximate surface area is 97.2 Å². The zero-order valence-electron chi connectivity index (χ0n) is 8.35. The Morgan fingerprint density at radius 3 is 2.94 bits per heavy atom. The number of oxime groups is 1. The highest BCUT2D eigenvalue weighted by atomic mass is 35.5. The number of fused-ring (bicyclic) bond motifs is 1. The second kappa shape index (κ2) is 4.14. The molecular weight excluding hydrogens is 230 g/mol. The number of nitrogens with zero attached hydrogens (tertiary/aromatic N) is 1. The molecule has 2 N–H and O–H groups in total. The molecule has 1 atom stereocenters. The van der Waals surface area contributed by atoms with Gasteiger partial charge in [0.2, 0.25) is 0 Å². The van der Waals surface area contributed by atoms with Crippen molar-refractivity contribution < 1.29 is 15.1 Å². The van der Waals surface area contributed by atoms with Crippen molar-refractivity contribution in [3.63, 3.8) is 0 Å². The van der Waals surface area contributed by atoms with Crippen molar-refractivity contribution in [2.45, 2.75) is 18.8 Å². The number of hydrogen-bond acceptors (Lipinski definition) is 3. The van der Waals surface area contributed by atoms with Crippen LogP contribution >= 0.6 is 11.6 Å². The quantitative estimate of drug-likeness (QED) is 0.615. The summed E-state index contributed by atoms with van der Waals surface area (Å²) in [7, 11) is 0. The van der Waals surface area contributed by atoms with Crippen LogP contribution in [-0.4, -0.2) is 22.0 Å². The van der Waals surface area contributed by atoms with Gasteiger partial charge in [0.15, 0.2) is 0 Å². The van der Waals surface area contributed by atoms with Crippen LogP contribution in [0.5, 0.6) is 0 Å². The van der Waals surface area contributed by atoms with E-state index in [9.17, 15) is 4.79 Å². The minimum Gasteiger partial charge on any atom is -0.481 e.